The molecule has 1 unspecified atom stereocenters. The minimum Gasteiger partial charge on any atom is -0.341 e. The molecule has 0 spiro atoms. The van der Waals surface area contributed by atoms with E-state index in [4.69, 9.17) is 11.6 Å². The molecule has 4 nitrogen and oxygen atoms in total. The molecule has 0 aromatic heterocycles. The van der Waals surface area contributed by atoms with E-state index in [0.29, 0.717) is 29.4 Å². The monoisotopic (exact) mass is 416 g/mol. The van der Waals surface area contributed by atoms with Gasteiger partial charge in [0.2, 0.25) is 11.8 Å². The van der Waals surface area contributed by atoms with E-state index < -0.39 is 5.41 Å². The summed E-state index contributed by atoms with van der Waals surface area (Å²) in [5.74, 6) is -0.775. The summed E-state index contributed by atoms with van der Waals surface area (Å²) in [7, 11) is 0. The highest BCUT2D eigenvalue weighted by Crippen LogP contribution is 2.31. The fourth-order valence-electron chi connectivity index (χ4n) is 3.58. The van der Waals surface area contributed by atoms with Crippen LogP contribution < -0.4 is 5.32 Å². The number of carbonyl (C=O) groups excluding carboxylic acids is 2. The molecule has 0 bridgehead atoms. The Labute approximate surface area is 176 Å². The van der Waals surface area contributed by atoms with Crippen LogP contribution in [-0.2, 0) is 9.59 Å². The molecule has 2 amide bonds. The molecular formula is C23H26ClFN2O2. The largest absolute Gasteiger partial charge is 0.341 e. The standard InChI is InChI=1S/C23H26ClFN2O2/c1-23(2,3)22(29)27-12-4-5-16(14-27)21(28)26-20-11-10-18(25)13-19(20)15-6-8-17(24)9-7-15/h6-11,13,16H,4-5,12,14H2,1-3H3,(H,26,28). The number of hydrogen-bond donors (Lipinski definition) is 1. The van der Waals surface area contributed by atoms with Crippen molar-refractivity contribution in [1.29, 1.82) is 0 Å². The minimum absolute atomic E-state index is 0.0543. The number of hydrogen-bond acceptors (Lipinski definition) is 2. The van der Waals surface area contributed by atoms with Crippen molar-refractivity contribution in [3.05, 3.63) is 53.3 Å². The summed E-state index contributed by atoms with van der Waals surface area (Å²) in [5, 5.41) is 3.53. The van der Waals surface area contributed by atoms with Crippen LogP contribution in [0.2, 0.25) is 5.02 Å². The normalized spacial score (nSPS) is 17.1. The molecule has 1 aliphatic rings. The van der Waals surface area contributed by atoms with Gasteiger partial charge in [0, 0.05) is 34.8 Å². The predicted molar refractivity (Wildman–Crippen MR) is 114 cm³/mol. The fraction of sp³-hybridized carbons (Fsp3) is 0.391. The van der Waals surface area contributed by atoms with Gasteiger partial charge in [-0.25, -0.2) is 4.39 Å². The van der Waals surface area contributed by atoms with E-state index in [1.165, 1.54) is 12.1 Å². The number of anilines is 1. The lowest BCUT2D eigenvalue weighted by atomic mass is 9.90. The number of halogens is 2. The van der Waals surface area contributed by atoms with E-state index in [0.717, 1.165) is 18.4 Å². The van der Waals surface area contributed by atoms with Crippen molar-refractivity contribution in [2.45, 2.75) is 33.6 Å². The average Bonchev–Trinajstić information content (AvgIpc) is 2.68. The molecule has 1 saturated heterocycles. The molecule has 6 heteroatoms. The molecule has 1 N–H and O–H groups in total. The zero-order valence-electron chi connectivity index (χ0n) is 17.0. The van der Waals surface area contributed by atoms with Crippen LogP contribution in [0.4, 0.5) is 10.1 Å². The Morgan fingerprint density at radius 3 is 2.48 bits per heavy atom. The lowest BCUT2D eigenvalue weighted by Crippen LogP contribution is -2.47. The second kappa shape index (κ2) is 8.54. The van der Waals surface area contributed by atoms with E-state index >= 15 is 0 Å². The molecule has 2 aromatic carbocycles. The highest BCUT2D eigenvalue weighted by atomic mass is 35.5. The van der Waals surface area contributed by atoms with Gasteiger partial charge in [-0.05, 0) is 48.7 Å². The van der Waals surface area contributed by atoms with Crippen LogP contribution in [0.1, 0.15) is 33.6 Å². The SMILES string of the molecule is CC(C)(C)C(=O)N1CCCC(C(=O)Nc2ccc(F)cc2-c2ccc(Cl)cc2)C1. The smallest absolute Gasteiger partial charge is 0.229 e. The zero-order valence-corrected chi connectivity index (χ0v) is 17.7. The number of piperidine rings is 1. The Hall–Kier alpha value is -2.40. The first-order valence-corrected chi connectivity index (χ1v) is 10.2. The number of likely N-dealkylation sites (tertiary alicyclic amines) is 1. The van der Waals surface area contributed by atoms with Gasteiger partial charge in [-0.15, -0.1) is 0 Å². The van der Waals surface area contributed by atoms with E-state index in [-0.39, 0.29) is 23.5 Å². The zero-order chi connectivity index (χ0) is 21.2. The van der Waals surface area contributed by atoms with Gasteiger partial charge in [0.05, 0.1) is 5.92 Å². The molecule has 29 heavy (non-hydrogen) atoms. The number of nitrogens with zero attached hydrogens (tertiary/aromatic N) is 1. The highest BCUT2D eigenvalue weighted by Gasteiger charge is 2.33. The maximum absolute atomic E-state index is 13.9. The molecule has 2 aromatic rings. The van der Waals surface area contributed by atoms with Crippen LogP contribution in [0.3, 0.4) is 0 Å². The van der Waals surface area contributed by atoms with Gasteiger partial charge in [0.15, 0.2) is 0 Å². The Morgan fingerprint density at radius 2 is 1.83 bits per heavy atom. The Morgan fingerprint density at radius 1 is 1.14 bits per heavy atom. The van der Waals surface area contributed by atoms with Crippen molar-refractivity contribution in [3.8, 4) is 11.1 Å². The third-order valence-corrected chi connectivity index (χ3v) is 5.37. The summed E-state index contributed by atoms with van der Waals surface area (Å²) in [6.07, 6.45) is 1.50. The summed E-state index contributed by atoms with van der Waals surface area (Å²) in [4.78, 5) is 27.3. The second-order valence-corrected chi connectivity index (χ2v) is 8.96. The molecular weight excluding hydrogens is 391 g/mol. The van der Waals surface area contributed by atoms with Crippen LogP contribution in [0.25, 0.3) is 11.1 Å². The third kappa shape index (κ3) is 5.15. The Balaban J connectivity index is 1.79. The number of nitrogens with one attached hydrogen (secondary N) is 1. The van der Waals surface area contributed by atoms with Gasteiger partial charge in [0.25, 0.3) is 0 Å². The average molecular weight is 417 g/mol. The van der Waals surface area contributed by atoms with Crippen LogP contribution in [0.5, 0.6) is 0 Å². The summed E-state index contributed by atoms with van der Waals surface area (Å²) in [6, 6.07) is 11.3. The molecule has 0 saturated carbocycles. The maximum Gasteiger partial charge on any atom is 0.229 e. The predicted octanol–water partition coefficient (Wildman–Crippen LogP) is 5.37. The van der Waals surface area contributed by atoms with Crippen molar-refractivity contribution >= 4 is 29.1 Å². The van der Waals surface area contributed by atoms with Gasteiger partial charge in [0.1, 0.15) is 5.82 Å². The van der Waals surface area contributed by atoms with Gasteiger partial charge in [-0.3, -0.25) is 9.59 Å². The molecule has 0 aliphatic carbocycles. The van der Waals surface area contributed by atoms with Gasteiger partial charge < -0.3 is 10.2 Å². The fourth-order valence-corrected chi connectivity index (χ4v) is 3.70. The van der Waals surface area contributed by atoms with Crippen LogP contribution >= 0.6 is 11.6 Å². The summed E-state index contributed by atoms with van der Waals surface area (Å²) >= 11 is 5.95. The van der Waals surface area contributed by atoms with Crippen molar-refractivity contribution < 1.29 is 14.0 Å². The van der Waals surface area contributed by atoms with Crippen LogP contribution in [0, 0.1) is 17.2 Å². The van der Waals surface area contributed by atoms with Crippen LogP contribution in [0.15, 0.2) is 42.5 Å². The third-order valence-electron chi connectivity index (χ3n) is 5.12. The molecule has 1 atom stereocenters. The van der Waals surface area contributed by atoms with Crippen molar-refractivity contribution in [2.75, 3.05) is 18.4 Å². The lowest BCUT2D eigenvalue weighted by Gasteiger charge is -2.36. The number of rotatable bonds is 3. The first kappa shape index (κ1) is 21.3. The van der Waals surface area contributed by atoms with Crippen molar-refractivity contribution in [2.24, 2.45) is 11.3 Å². The lowest BCUT2D eigenvalue weighted by molar-refractivity contribution is -0.142. The molecule has 0 radical (unpaired) electrons. The summed E-state index contributed by atoms with van der Waals surface area (Å²) < 4.78 is 13.9. The van der Waals surface area contributed by atoms with Gasteiger partial charge >= 0.3 is 0 Å². The van der Waals surface area contributed by atoms with Gasteiger partial charge in [-0.2, -0.15) is 0 Å². The first-order chi connectivity index (χ1) is 13.6. The Kier molecular flexibility index (Phi) is 6.27. The first-order valence-electron chi connectivity index (χ1n) is 9.81. The quantitative estimate of drug-likeness (QED) is 0.731. The molecule has 154 valence electrons. The molecule has 3 rings (SSSR count). The Bertz CT molecular complexity index is 906. The molecule has 1 aliphatic heterocycles. The van der Waals surface area contributed by atoms with E-state index in [1.807, 2.05) is 20.8 Å². The number of benzene rings is 2. The maximum atomic E-state index is 13.9. The van der Waals surface area contributed by atoms with Crippen molar-refractivity contribution in [1.82, 2.24) is 4.90 Å². The summed E-state index contributed by atoms with van der Waals surface area (Å²) in [5.41, 5.74) is 1.42. The number of carbonyl (C=O) groups is 2. The van der Waals surface area contributed by atoms with E-state index in [9.17, 15) is 14.0 Å². The molecule has 1 heterocycles. The highest BCUT2D eigenvalue weighted by molar-refractivity contribution is 6.30. The van der Waals surface area contributed by atoms with E-state index in [2.05, 4.69) is 5.32 Å². The topological polar surface area (TPSA) is 49.4 Å². The number of amides is 2. The summed E-state index contributed by atoms with van der Waals surface area (Å²) in [6.45, 7) is 6.73. The van der Waals surface area contributed by atoms with Crippen molar-refractivity contribution in [3.63, 3.8) is 0 Å². The molecule has 1 fully saturated rings. The second-order valence-electron chi connectivity index (χ2n) is 8.53. The minimum atomic E-state index is -0.475. The van der Waals surface area contributed by atoms with Crippen LogP contribution in [-0.4, -0.2) is 29.8 Å². The van der Waals surface area contributed by atoms with Gasteiger partial charge in [-0.1, -0.05) is 44.5 Å². The van der Waals surface area contributed by atoms with E-state index in [1.54, 1.807) is 35.2 Å².